The second-order valence-corrected chi connectivity index (χ2v) is 17.7. The number of Topliss-reactive ketones (excluding diaryl/α,β-unsaturated/α-hetero) is 1. The number of hydrogen-bond acceptors (Lipinski definition) is 8. The zero-order valence-corrected chi connectivity index (χ0v) is 33.5. The number of carbonyl (C=O) groups excluding carboxylic acids is 1. The number of halogens is 2. The minimum Gasteiger partial charge on any atom is -0.472 e. The van der Waals surface area contributed by atoms with E-state index in [1.165, 1.54) is 5.57 Å². The molecule has 268 valence electrons. The van der Waals surface area contributed by atoms with E-state index >= 15 is 0 Å². The summed E-state index contributed by atoms with van der Waals surface area (Å²) in [6.07, 6.45) is 10.6. The van der Waals surface area contributed by atoms with Crippen LogP contribution in [0.1, 0.15) is 77.2 Å². The van der Waals surface area contributed by atoms with Crippen LogP contribution >= 0.6 is 45.2 Å². The largest absolute Gasteiger partial charge is 0.472 e. The van der Waals surface area contributed by atoms with E-state index in [0.717, 1.165) is 74.7 Å². The number of ether oxygens (including phenoxy) is 7. The summed E-state index contributed by atoms with van der Waals surface area (Å²) in [6, 6.07) is 10.2. The summed E-state index contributed by atoms with van der Waals surface area (Å²) in [5.41, 5.74) is 3.07. The summed E-state index contributed by atoms with van der Waals surface area (Å²) < 4.78 is 39.9. The number of methoxy groups -OCH3 is 2. The van der Waals surface area contributed by atoms with Crippen molar-refractivity contribution >= 4 is 51.0 Å². The summed E-state index contributed by atoms with van der Waals surface area (Å²) in [7, 11) is 3.32. The monoisotopic (exact) mass is 892 g/mol. The smallest absolute Gasteiger partial charge is 0.188 e. The molecule has 8 nitrogen and oxygen atoms in total. The number of alkyl halides is 2. The van der Waals surface area contributed by atoms with Crippen molar-refractivity contribution in [3.8, 4) is 0 Å². The minimum atomic E-state index is -0.245. The van der Waals surface area contributed by atoms with Crippen molar-refractivity contribution in [1.29, 1.82) is 0 Å². The molecule has 0 aliphatic heterocycles. The zero-order chi connectivity index (χ0) is 34.3. The van der Waals surface area contributed by atoms with E-state index in [2.05, 4.69) is 71.2 Å². The lowest BCUT2D eigenvalue weighted by atomic mass is 9.43. The third-order valence-corrected chi connectivity index (χ3v) is 16.9. The van der Waals surface area contributed by atoms with Crippen molar-refractivity contribution < 1.29 is 38.0 Å². The molecule has 0 bridgehead atoms. The fourth-order valence-electron chi connectivity index (χ4n) is 9.05. The highest BCUT2D eigenvalue weighted by atomic mass is 127. The Morgan fingerprint density at radius 3 is 2.27 bits per heavy atom. The van der Waals surface area contributed by atoms with Gasteiger partial charge in [-0.25, -0.2) is 0 Å². The van der Waals surface area contributed by atoms with Gasteiger partial charge >= 0.3 is 0 Å². The molecule has 0 amide bonds. The van der Waals surface area contributed by atoms with Crippen LogP contribution in [0.15, 0.2) is 53.3 Å². The molecular weight excluding hydrogens is 838 g/mol. The molecule has 4 aliphatic carbocycles. The number of benzene rings is 1. The first-order valence-electron chi connectivity index (χ1n) is 17.5. The van der Waals surface area contributed by atoms with Gasteiger partial charge in [0.15, 0.2) is 12.6 Å². The lowest BCUT2D eigenvalue weighted by Gasteiger charge is -2.68. The van der Waals surface area contributed by atoms with Crippen LogP contribution in [0.25, 0.3) is 0 Å². The van der Waals surface area contributed by atoms with Crippen LogP contribution in [0, 0.1) is 16.7 Å². The number of unbranched alkanes of at least 4 members (excludes halogenated alkanes) is 1. The van der Waals surface area contributed by atoms with Gasteiger partial charge in [0.25, 0.3) is 0 Å². The molecule has 0 N–H and O–H groups in total. The van der Waals surface area contributed by atoms with Crippen LogP contribution in [-0.2, 0) is 44.6 Å². The standard InChI is InChI=1S/C38H54I2O8/c1-35-17-18-37(39)31-14-13-29(47-26-42-3)24-30(31)34(41)32(36(37,2)38(35,40)16-15-33(35)48-27-43-4)12-8-9-19-44-20-21-45-22-23-46-25-28-10-6-5-7-11-28/h5-7,10-11,24,32-33H,8-9,12-23,25-27H2,1-4H3/t32-,33+,35-,36-,37+,38+/m1/s1. The molecule has 4 aliphatic rings. The predicted molar refractivity (Wildman–Crippen MR) is 202 cm³/mol. The molecule has 0 heterocycles. The quantitative estimate of drug-likeness (QED) is 0.0597. The van der Waals surface area contributed by atoms with E-state index in [9.17, 15) is 4.79 Å². The molecule has 6 atom stereocenters. The molecule has 10 heteroatoms. The van der Waals surface area contributed by atoms with Crippen LogP contribution < -0.4 is 0 Å². The van der Waals surface area contributed by atoms with Crippen molar-refractivity contribution in [1.82, 2.24) is 0 Å². The Balaban J connectivity index is 1.21. The highest BCUT2D eigenvalue weighted by molar-refractivity contribution is 14.1. The Morgan fingerprint density at radius 1 is 0.833 bits per heavy atom. The average Bonchev–Trinajstić information content (AvgIpc) is 3.37. The van der Waals surface area contributed by atoms with Gasteiger partial charge in [0, 0.05) is 53.0 Å². The van der Waals surface area contributed by atoms with Gasteiger partial charge in [-0.15, -0.1) is 0 Å². The van der Waals surface area contributed by atoms with E-state index in [1.54, 1.807) is 14.2 Å². The lowest BCUT2D eigenvalue weighted by Crippen LogP contribution is -2.70. The van der Waals surface area contributed by atoms with Gasteiger partial charge < -0.3 is 33.2 Å². The van der Waals surface area contributed by atoms with Gasteiger partial charge in [-0.1, -0.05) is 95.8 Å². The average molecular weight is 893 g/mol. The van der Waals surface area contributed by atoms with Crippen LogP contribution in [-0.4, -0.2) is 79.6 Å². The zero-order valence-electron chi connectivity index (χ0n) is 29.2. The molecule has 5 rings (SSSR count). The molecule has 0 radical (unpaired) electrons. The van der Waals surface area contributed by atoms with E-state index in [4.69, 9.17) is 33.2 Å². The van der Waals surface area contributed by atoms with Crippen molar-refractivity contribution in [2.45, 2.75) is 91.2 Å². The lowest BCUT2D eigenvalue weighted by molar-refractivity contribution is -0.143. The van der Waals surface area contributed by atoms with E-state index in [-0.39, 0.29) is 42.3 Å². The molecular formula is C38H54I2O8. The maximum absolute atomic E-state index is 14.8. The number of rotatable bonds is 19. The van der Waals surface area contributed by atoms with Gasteiger partial charge in [0.1, 0.15) is 12.6 Å². The molecule has 2 saturated carbocycles. The highest BCUT2D eigenvalue weighted by Crippen LogP contribution is 2.77. The molecule has 2 fully saturated rings. The molecule has 0 unspecified atom stereocenters. The number of carbonyl (C=O) groups is 1. The minimum absolute atomic E-state index is 0.0565. The summed E-state index contributed by atoms with van der Waals surface area (Å²) in [5.74, 6) is 1.02. The maximum atomic E-state index is 14.8. The highest BCUT2D eigenvalue weighted by Gasteiger charge is 2.76. The fraction of sp³-hybridized carbons (Fsp3) is 0.711. The van der Waals surface area contributed by atoms with Crippen molar-refractivity contribution in [2.24, 2.45) is 16.7 Å². The Kier molecular flexibility index (Phi) is 13.9. The normalized spacial score (nSPS) is 32.9. The first-order valence-corrected chi connectivity index (χ1v) is 19.7. The molecule has 1 aromatic carbocycles. The molecule has 0 aromatic heterocycles. The first-order chi connectivity index (χ1) is 23.2. The van der Waals surface area contributed by atoms with Crippen LogP contribution in [0.4, 0.5) is 0 Å². The maximum Gasteiger partial charge on any atom is 0.188 e. The van der Waals surface area contributed by atoms with Crippen LogP contribution in [0.2, 0.25) is 0 Å². The van der Waals surface area contributed by atoms with Gasteiger partial charge in [0.2, 0.25) is 0 Å². The molecule has 1 aromatic rings. The number of fused-ring (bicyclic) bond motifs is 4. The van der Waals surface area contributed by atoms with Crippen LogP contribution in [0.3, 0.4) is 0 Å². The molecule has 48 heavy (non-hydrogen) atoms. The summed E-state index contributed by atoms with van der Waals surface area (Å²) in [4.78, 5) is 14.8. The number of hydrogen-bond donors (Lipinski definition) is 0. The summed E-state index contributed by atoms with van der Waals surface area (Å²) in [6.45, 7) is 8.84. The van der Waals surface area contributed by atoms with Gasteiger partial charge in [0.05, 0.1) is 42.6 Å². The van der Waals surface area contributed by atoms with E-state index in [0.29, 0.717) is 46.4 Å². The predicted octanol–water partition coefficient (Wildman–Crippen LogP) is 8.14. The third-order valence-electron chi connectivity index (χ3n) is 11.6. The number of ketones is 1. The SMILES string of the molecule is COCOC1=CC2=C(CC1)[C@@]1(I)CC[C@]3(C)[C@@H](OCOC)CC[C@@]3(I)[C@]1(C)[C@H](CCCCOCCOCCOCc1ccccc1)C2=O. The first kappa shape index (κ1) is 38.6. The second kappa shape index (κ2) is 17.3. The fourth-order valence-corrected chi connectivity index (χ4v) is 13.0. The van der Waals surface area contributed by atoms with Gasteiger partial charge in [-0.3, -0.25) is 4.79 Å². The van der Waals surface area contributed by atoms with Crippen molar-refractivity contribution in [3.05, 3.63) is 58.9 Å². The Bertz CT molecular complexity index is 1290. The molecule has 0 spiro atoms. The third kappa shape index (κ3) is 7.47. The Hall–Kier alpha value is -0.610. The summed E-state index contributed by atoms with van der Waals surface area (Å²) in [5, 5.41) is 0. The van der Waals surface area contributed by atoms with E-state index in [1.807, 2.05) is 24.3 Å². The Labute approximate surface area is 314 Å². The second-order valence-electron chi connectivity index (χ2n) is 14.1. The van der Waals surface area contributed by atoms with Crippen molar-refractivity contribution in [2.75, 3.05) is 60.8 Å². The van der Waals surface area contributed by atoms with Crippen molar-refractivity contribution in [3.63, 3.8) is 0 Å². The van der Waals surface area contributed by atoms with Gasteiger partial charge in [-0.05, 0) is 62.2 Å². The Morgan fingerprint density at radius 2 is 1.54 bits per heavy atom. The summed E-state index contributed by atoms with van der Waals surface area (Å²) >= 11 is 5.58. The molecule has 0 saturated heterocycles. The number of allylic oxidation sites excluding steroid dienone is 4. The van der Waals surface area contributed by atoms with Gasteiger partial charge in [-0.2, -0.15) is 0 Å². The van der Waals surface area contributed by atoms with Crippen LogP contribution in [0.5, 0.6) is 0 Å². The topological polar surface area (TPSA) is 81.7 Å². The van der Waals surface area contributed by atoms with E-state index < -0.39 is 0 Å².